The van der Waals surface area contributed by atoms with E-state index in [4.69, 9.17) is 0 Å². The van der Waals surface area contributed by atoms with Gasteiger partial charge in [-0.25, -0.2) is 4.98 Å². The maximum Gasteiger partial charge on any atom is 0.153 e. The Hall–Kier alpha value is -2.20. The summed E-state index contributed by atoms with van der Waals surface area (Å²) in [5.41, 5.74) is 1.91. The molecule has 4 nitrogen and oxygen atoms in total. The fraction of sp³-hybridized carbons (Fsp3) is 0.294. The summed E-state index contributed by atoms with van der Waals surface area (Å²) in [6.45, 7) is 2.77. The van der Waals surface area contributed by atoms with Crippen molar-refractivity contribution in [2.45, 2.75) is 6.04 Å². The number of aromatic nitrogens is 1. The van der Waals surface area contributed by atoms with E-state index in [1.54, 1.807) is 12.3 Å². The average molecular weight is 281 g/mol. The van der Waals surface area contributed by atoms with Crippen LogP contribution in [0.3, 0.4) is 0 Å². The summed E-state index contributed by atoms with van der Waals surface area (Å²) in [5, 5.41) is 0. The van der Waals surface area contributed by atoms with Crippen LogP contribution in [-0.2, 0) is 0 Å². The molecule has 1 aromatic carbocycles. The Morgan fingerprint density at radius 2 is 1.95 bits per heavy atom. The maximum atomic E-state index is 11.3. The number of aldehydes is 1. The van der Waals surface area contributed by atoms with Crippen molar-refractivity contribution in [3.05, 3.63) is 59.8 Å². The number of likely N-dealkylation sites (N-methyl/N-ethyl adjacent to an activating group) is 1. The number of hydrogen-bond donors (Lipinski definition) is 0. The van der Waals surface area contributed by atoms with Crippen LogP contribution in [0.5, 0.6) is 0 Å². The van der Waals surface area contributed by atoms with Crippen LogP contribution in [0.25, 0.3) is 0 Å². The van der Waals surface area contributed by atoms with Crippen LogP contribution in [0.4, 0.5) is 5.82 Å². The normalized spacial score (nSPS) is 19.5. The molecule has 1 aromatic heterocycles. The average Bonchev–Trinajstić information content (AvgIpc) is 2.55. The van der Waals surface area contributed by atoms with Gasteiger partial charge in [-0.1, -0.05) is 30.3 Å². The molecule has 1 aliphatic rings. The number of carbonyl (C=O) groups is 1. The van der Waals surface area contributed by atoms with Crippen molar-refractivity contribution >= 4 is 12.1 Å². The molecule has 0 spiro atoms. The molecule has 0 bridgehead atoms. The van der Waals surface area contributed by atoms with Gasteiger partial charge in [0, 0.05) is 25.8 Å². The third-order valence-electron chi connectivity index (χ3n) is 3.98. The zero-order valence-corrected chi connectivity index (χ0v) is 12.1. The highest BCUT2D eigenvalue weighted by Gasteiger charge is 2.28. The predicted molar refractivity (Wildman–Crippen MR) is 83.7 cm³/mol. The summed E-state index contributed by atoms with van der Waals surface area (Å²) in [4.78, 5) is 20.3. The molecule has 0 saturated carbocycles. The van der Waals surface area contributed by atoms with Gasteiger partial charge in [0.05, 0.1) is 11.6 Å². The summed E-state index contributed by atoms with van der Waals surface area (Å²) in [5.74, 6) is 0.787. The van der Waals surface area contributed by atoms with Gasteiger partial charge in [-0.2, -0.15) is 0 Å². The fourth-order valence-electron chi connectivity index (χ4n) is 2.87. The van der Waals surface area contributed by atoms with Crippen LogP contribution in [0.2, 0.25) is 0 Å². The van der Waals surface area contributed by atoms with Crippen molar-refractivity contribution in [2.75, 3.05) is 31.6 Å². The van der Waals surface area contributed by atoms with Crippen LogP contribution < -0.4 is 4.90 Å². The molecule has 4 heteroatoms. The smallest absolute Gasteiger partial charge is 0.153 e. The molecular formula is C17H19N3O. The van der Waals surface area contributed by atoms with E-state index in [2.05, 4.69) is 46.1 Å². The maximum absolute atomic E-state index is 11.3. The lowest BCUT2D eigenvalue weighted by Gasteiger charge is -2.41. The number of piperazine rings is 1. The van der Waals surface area contributed by atoms with Crippen molar-refractivity contribution in [2.24, 2.45) is 0 Å². The number of carbonyl (C=O) groups excluding carboxylic acids is 1. The standard InChI is InChI=1S/C17H19N3O/c1-19-10-11-20(17-15(13-21)8-5-9-18-17)16(12-19)14-6-3-2-4-7-14/h2-9,13,16H,10-12H2,1H3/t16-/m1/s1. The van der Waals surface area contributed by atoms with Crippen molar-refractivity contribution in [1.82, 2.24) is 9.88 Å². The Morgan fingerprint density at radius 1 is 1.14 bits per heavy atom. The zero-order chi connectivity index (χ0) is 14.7. The lowest BCUT2D eigenvalue weighted by Crippen LogP contribution is -2.47. The molecule has 1 aliphatic heterocycles. The molecular weight excluding hydrogens is 262 g/mol. The topological polar surface area (TPSA) is 36.4 Å². The third-order valence-corrected chi connectivity index (χ3v) is 3.98. The van der Waals surface area contributed by atoms with E-state index in [9.17, 15) is 4.79 Å². The molecule has 0 amide bonds. The number of anilines is 1. The van der Waals surface area contributed by atoms with Crippen LogP contribution in [-0.4, -0.2) is 42.9 Å². The van der Waals surface area contributed by atoms with Gasteiger partial charge in [0.25, 0.3) is 0 Å². The third kappa shape index (κ3) is 2.81. The molecule has 0 unspecified atom stereocenters. The number of pyridine rings is 1. The van der Waals surface area contributed by atoms with Crippen molar-refractivity contribution in [3.63, 3.8) is 0 Å². The minimum atomic E-state index is 0.221. The first-order valence-corrected chi connectivity index (χ1v) is 7.20. The van der Waals surface area contributed by atoms with E-state index in [0.717, 1.165) is 31.7 Å². The number of rotatable bonds is 3. The van der Waals surface area contributed by atoms with Gasteiger partial charge in [0.2, 0.25) is 0 Å². The molecule has 1 fully saturated rings. The lowest BCUT2D eigenvalue weighted by atomic mass is 10.0. The molecule has 1 atom stereocenters. The summed E-state index contributed by atoms with van der Waals surface area (Å²) in [6.07, 6.45) is 2.64. The summed E-state index contributed by atoms with van der Waals surface area (Å²) in [7, 11) is 2.13. The highest BCUT2D eigenvalue weighted by molar-refractivity contribution is 5.82. The Morgan fingerprint density at radius 3 is 2.71 bits per heavy atom. The molecule has 108 valence electrons. The zero-order valence-electron chi connectivity index (χ0n) is 12.1. The minimum absolute atomic E-state index is 0.221. The fourth-order valence-corrected chi connectivity index (χ4v) is 2.87. The first-order valence-electron chi connectivity index (χ1n) is 7.20. The van der Waals surface area contributed by atoms with Gasteiger partial charge in [-0.3, -0.25) is 4.79 Å². The monoisotopic (exact) mass is 281 g/mol. The van der Waals surface area contributed by atoms with Crippen molar-refractivity contribution in [1.29, 1.82) is 0 Å². The van der Waals surface area contributed by atoms with Crippen molar-refractivity contribution < 1.29 is 4.79 Å². The summed E-state index contributed by atoms with van der Waals surface area (Å²) < 4.78 is 0. The number of benzene rings is 1. The predicted octanol–water partition coefficient (Wildman–Crippen LogP) is 2.39. The van der Waals surface area contributed by atoms with E-state index in [1.807, 2.05) is 12.1 Å². The molecule has 2 aromatic rings. The highest BCUT2D eigenvalue weighted by Crippen LogP contribution is 2.30. The van der Waals surface area contributed by atoms with Gasteiger partial charge < -0.3 is 9.80 Å². The molecule has 0 N–H and O–H groups in total. The van der Waals surface area contributed by atoms with E-state index in [1.165, 1.54) is 5.56 Å². The number of hydrogen-bond acceptors (Lipinski definition) is 4. The summed E-state index contributed by atoms with van der Waals surface area (Å²) in [6, 6.07) is 14.3. The van der Waals surface area contributed by atoms with Gasteiger partial charge in [0.1, 0.15) is 5.82 Å². The van der Waals surface area contributed by atoms with Crippen LogP contribution in [0.1, 0.15) is 22.0 Å². The van der Waals surface area contributed by atoms with Gasteiger partial charge in [-0.05, 0) is 24.7 Å². The van der Waals surface area contributed by atoms with E-state index >= 15 is 0 Å². The van der Waals surface area contributed by atoms with Crippen molar-refractivity contribution in [3.8, 4) is 0 Å². The van der Waals surface area contributed by atoms with Gasteiger partial charge in [0.15, 0.2) is 6.29 Å². The Bertz CT molecular complexity index is 614. The van der Waals surface area contributed by atoms with E-state index in [0.29, 0.717) is 5.56 Å². The molecule has 0 radical (unpaired) electrons. The molecule has 0 aliphatic carbocycles. The SMILES string of the molecule is CN1CCN(c2ncccc2C=O)[C@@H](c2ccccc2)C1. The Labute approximate surface area is 125 Å². The number of nitrogens with zero attached hydrogens (tertiary/aromatic N) is 3. The first-order chi connectivity index (χ1) is 10.3. The van der Waals surface area contributed by atoms with Gasteiger partial charge in [-0.15, -0.1) is 0 Å². The lowest BCUT2D eigenvalue weighted by molar-refractivity contribution is 0.112. The summed E-state index contributed by atoms with van der Waals surface area (Å²) >= 11 is 0. The minimum Gasteiger partial charge on any atom is -0.346 e. The van der Waals surface area contributed by atoms with Crippen LogP contribution in [0.15, 0.2) is 48.7 Å². The second-order valence-corrected chi connectivity index (χ2v) is 5.42. The Kier molecular flexibility index (Phi) is 3.97. The quantitative estimate of drug-likeness (QED) is 0.809. The first kappa shape index (κ1) is 13.8. The molecule has 3 rings (SSSR count). The van der Waals surface area contributed by atoms with Crippen LogP contribution in [0, 0.1) is 0 Å². The Balaban J connectivity index is 2.00. The molecule has 1 saturated heterocycles. The van der Waals surface area contributed by atoms with E-state index in [-0.39, 0.29) is 6.04 Å². The molecule has 21 heavy (non-hydrogen) atoms. The molecule has 2 heterocycles. The van der Waals surface area contributed by atoms with E-state index < -0.39 is 0 Å². The van der Waals surface area contributed by atoms with Crippen LogP contribution >= 0.6 is 0 Å². The van der Waals surface area contributed by atoms with Gasteiger partial charge >= 0.3 is 0 Å². The second-order valence-electron chi connectivity index (χ2n) is 5.42. The highest BCUT2D eigenvalue weighted by atomic mass is 16.1. The largest absolute Gasteiger partial charge is 0.346 e. The second kappa shape index (κ2) is 6.06.